The van der Waals surface area contributed by atoms with E-state index in [4.69, 9.17) is 10.2 Å². The Bertz CT molecular complexity index is 249. The van der Waals surface area contributed by atoms with Crippen LogP contribution in [0.2, 0.25) is 0 Å². The van der Waals surface area contributed by atoms with Gasteiger partial charge in [-0.2, -0.15) is 0 Å². The maximum Gasteiger partial charge on any atom is 0.323 e. The van der Waals surface area contributed by atoms with Gasteiger partial charge >= 0.3 is 11.9 Å². The molecule has 0 bridgehead atoms. The molecule has 0 radical (unpaired) electrons. The van der Waals surface area contributed by atoms with Crippen LogP contribution in [0.3, 0.4) is 0 Å². The molecule has 1 heterocycles. The maximum absolute atomic E-state index is 11.4. The van der Waals surface area contributed by atoms with Crippen molar-refractivity contribution >= 4 is 17.8 Å². The molecule has 0 spiro atoms. The number of likely N-dealkylation sites (tertiary alicyclic amines) is 1. The highest BCUT2D eigenvalue weighted by molar-refractivity contribution is 5.87. The summed E-state index contributed by atoms with van der Waals surface area (Å²) in [4.78, 5) is 33.2. The molecule has 0 aromatic rings. The molecule has 0 aromatic heterocycles. The SMILES string of the molecule is O=C(O)CC1CCN(CC(=O)O)C1=O. The Morgan fingerprint density at radius 1 is 1.36 bits per heavy atom. The Hall–Kier alpha value is -1.59. The average Bonchev–Trinajstić information content (AvgIpc) is 2.34. The normalized spacial score (nSPS) is 21.3. The van der Waals surface area contributed by atoms with Crippen molar-refractivity contribution in [2.45, 2.75) is 12.8 Å². The van der Waals surface area contributed by atoms with Crippen LogP contribution in [0.4, 0.5) is 0 Å². The molecule has 1 saturated heterocycles. The van der Waals surface area contributed by atoms with E-state index in [2.05, 4.69) is 0 Å². The van der Waals surface area contributed by atoms with Gasteiger partial charge in [0.15, 0.2) is 0 Å². The average molecular weight is 201 g/mol. The first-order valence-electron chi connectivity index (χ1n) is 4.23. The van der Waals surface area contributed by atoms with Crippen LogP contribution in [-0.2, 0) is 14.4 Å². The zero-order valence-electron chi connectivity index (χ0n) is 7.47. The van der Waals surface area contributed by atoms with E-state index in [0.29, 0.717) is 13.0 Å². The summed E-state index contributed by atoms with van der Waals surface area (Å²) in [6.07, 6.45) is 0.216. The van der Waals surface area contributed by atoms with Crippen molar-refractivity contribution in [3.05, 3.63) is 0 Å². The van der Waals surface area contributed by atoms with Crippen molar-refractivity contribution < 1.29 is 24.6 Å². The van der Waals surface area contributed by atoms with Crippen LogP contribution in [0.1, 0.15) is 12.8 Å². The van der Waals surface area contributed by atoms with E-state index in [1.165, 1.54) is 4.90 Å². The molecule has 1 fully saturated rings. The predicted octanol–water partition coefficient (Wildman–Crippen LogP) is -0.606. The molecule has 0 saturated carbocycles. The summed E-state index contributed by atoms with van der Waals surface area (Å²) in [5.41, 5.74) is 0. The third-order valence-corrected chi connectivity index (χ3v) is 2.16. The lowest BCUT2D eigenvalue weighted by atomic mass is 10.0. The van der Waals surface area contributed by atoms with Crippen LogP contribution in [-0.4, -0.2) is 46.0 Å². The molecule has 6 heteroatoms. The fraction of sp³-hybridized carbons (Fsp3) is 0.625. The monoisotopic (exact) mass is 201 g/mol. The molecule has 78 valence electrons. The van der Waals surface area contributed by atoms with E-state index in [9.17, 15) is 14.4 Å². The summed E-state index contributed by atoms with van der Waals surface area (Å²) in [5, 5.41) is 16.9. The number of rotatable bonds is 4. The van der Waals surface area contributed by atoms with Gasteiger partial charge in [-0.05, 0) is 6.42 Å². The Balaban J connectivity index is 2.51. The predicted molar refractivity (Wildman–Crippen MR) is 44.6 cm³/mol. The number of hydrogen-bond acceptors (Lipinski definition) is 3. The number of aliphatic carboxylic acids is 2. The van der Waals surface area contributed by atoms with E-state index in [1.807, 2.05) is 0 Å². The minimum Gasteiger partial charge on any atom is -0.481 e. The van der Waals surface area contributed by atoms with Crippen LogP contribution in [0.15, 0.2) is 0 Å². The van der Waals surface area contributed by atoms with E-state index in [0.717, 1.165) is 0 Å². The van der Waals surface area contributed by atoms with Crippen LogP contribution in [0, 0.1) is 5.92 Å². The third-order valence-electron chi connectivity index (χ3n) is 2.16. The number of carboxylic acid groups (broad SMARTS) is 2. The lowest BCUT2D eigenvalue weighted by Crippen LogP contribution is -2.32. The number of carbonyl (C=O) groups is 3. The van der Waals surface area contributed by atoms with E-state index >= 15 is 0 Å². The summed E-state index contributed by atoms with van der Waals surface area (Å²) in [6.45, 7) is -0.00195. The molecule has 1 amide bonds. The Kier molecular flexibility index (Phi) is 3.06. The maximum atomic E-state index is 11.4. The number of hydrogen-bond donors (Lipinski definition) is 2. The zero-order valence-corrected chi connectivity index (χ0v) is 7.47. The first-order chi connectivity index (χ1) is 6.50. The van der Waals surface area contributed by atoms with Crippen LogP contribution >= 0.6 is 0 Å². The Morgan fingerprint density at radius 3 is 2.50 bits per heavy atom. The quantitative estimate of drug-likeness (QED) is 0.632. The van der Waals surface area contributed by atoms with Gasteiger partial charge in [-0.3, -0.25) is 14.4 Å². The van der Waals surface area contributed by atoms with Crippen molar-refractivity contribution in [2.24, 2.45) is 5.92 Å². The van der Waals surface area contributed by atoms with Gasteiger partial charge in [-0.15, -0.1) is 0 Å². The van der Waals surface area contributed by atoms with Crippen molar-refractivity contribution in [3.63, 3.8) is 0 Å². The standard InChI is InChI=1S/C8H11NO5/c10-6(11)3-5-1-2-9(8(5)14)4-7(12)13/h5H,1-4H2,(H,10,11)(H,12,13). The molecule has 1 unspecified atom stereocenters. The van der Waals surface area contributed by atoms with Gasteiger partial charge < -0.3 is 15.1 Å². The smallest absolute Gasteiger partial charge is 0.323 e. The fourth-order valence-electron chi connectivity index (χ4n) is 1.52. The zero-order chi connectivity index (χ0) is 10.7. The summed E-state index contributed by atoms with van der Waals surface area (Å²) in [5.74, 6) is -3.02. The molecule has 6 nitrogen and oxygen atoms in total. The van der Waals surface area contributed by atoms with Crippen LogP contribution < -0.4 is 0 Å². The van der Waals surface area contributed by atoms with Gasteiger partial charge in [0.05, 0.1) is 12.3 Å². The second-order valence-corrected chi connectivity index (χ2v) is 3.24. The van der Waals surface area contributed by atoms with Crippen molar-refractivity contribution in [1.82, 2.24) is 4.90 Å². The highest BCUT2D eigenvalue weighted by atomic mass is 16.4. The summed E-state index contributed by atoms with van der Waals surface area (Å²) in [6, 6.07) is 0. The molecule has 0 aromatic carbocycles. The summed E-state index contributed by atoms with van der Waals surface area (Å²) in [7, 11) is 0. The Morgan fingerprint density at radius 2 is 2.00 bits per heavy atom. The van der Waals surface area contributed by atoms with E-state index in [1.54, 1.807) is 0 Å². The van der Waals surface area contributed by atoms with Crippen molar-refractivity contribution in [3.8, 4) is 0 Å². The van der Waals surface area contributed by atoms with Crippen LogP contribution in [0.5, 0.6) is 0 Å². The first-order valence-corrected chi connectivity index (χ1v) is 4.23. The largest absolute Gasteiger partial charge is 0.481 e. The van der Waals surface area contributed by atoms with Gasteiger partial charge in [-0.25, -0.2) is 0 Å². The van der Waals surface area contributed by atoms with E-state index in [-0.39, 0.29) is 18.9 Å². The van der Waals surface area contributed by atoms with Crippen molar-refractivity contribution in [1.29, 1.82) is 0 Å². The summed E-state index contributed by atoms with van der Waals surface area (Å²) >= 11 is 0. The topological polar surface area (TPSA) is 94.9 Å². The summed E-state index contributed by atoms with van der Waals surface area (Å²) < 4.78 is 0. The molecule has 1 aliphatic rings. The molecule has 1 atom stereocenters. The number of carbonyl (C=O) groups excluding carboxylic acids is 1. The molecular formula is C8H11NO5. The lowest BCUT2D eigenvalue weighted by Gasteiger charge is -2.12. The number of carboxylic acids is 2. The fourth-order valence-corrected chi connectivity index (χ4v) is 1.52. The second-order valence-electron chi connectivity index (χ2n) is 3.24. The molecule has 14 heavy (non-hydrogen) atoms. The van der Waals surface area contributed by atoms with E-state index < -0.39 is 17.9 Å². The number of amides is 1. The number of nitrogens with zero attached hydrogens (tertiary/aromatic N) is 1. The van der Waals surface area contributed by atoms with Gasteiger partial charge in [0.1, 0.15) is 6.54 Å². The van der Waals surface area contributed by atoms with Gasteiger partial charge in [0.2, 0.25) is 5.91 Å². The highest BCUT2D eigenvalue weighted by Crippen LogP contribution is 2.20. The first kappa shape index (κ1) is 10.5. The molecule has 1 rings (SSSR count). The van der Waals surface area contributed by atoms with Gasteiger partial charge in [0.25, 0.3) is 0 Å². The lowest BCUT2D eigenvalue weighted by molar-refractivity contribution is -0.145. The van der Waals surface area contributed by atoms with Crippen LogP contribution in [0.25, 0.3) is 0 Å². The molecule has 1 aliphatic heterocycles. The molecule has 0 aliphatic carbocycles. The third kappa shape index (κ3) is 2.45. The minimum atomic E-state index is -1.07. The molecule has 2 N–H and O–H groups in total. The minimum absolute atomic E-state index is 0.213. The van der Waals surface area contributed by atoms with Gasteiger partial charge in [0, 0.05) is 6.54 Å². The second kappa shape index (κ2) is 4.08. The highest BCUT2D eigenvalue weighted by Gasteiger charge is 2.33. The van der Waals surface area contributed by atoms with Gasteiger partial charge in [-0.1, -0.05) is 0 Å². The van der Waals surface area contributed by atoms with Crippen molar-refractivity contribution in [2.75, 3.05) is 13.1 Å². The Labute approximate surface area is 80.1 Å². The molecular weight excluding hydrogens is 190 g/mol.